The van der Waals surface area contributed by atoms with E-state index in [4.69, 9.17) is 0 Å². The number of unbranched alkanes of at least 4 members (excludes halogenated alkanes) is 2. The minimum Gasteiger partial charge on any atom is -0.374 e. The van der Waals surface area contributed by atoms with Crippen molar-refractivity contribution < 1.29 is 18.3 Å². The summed E-state index contributed by atoms with van der Waals surface area (Å²) in [5.41, 5.74) is -3.02. The van der Waals surface area contributed by atoms with Gasteiger partial charge in [-0.1, -0.05) is 40.0 Å². The zero-order chi connectivity index (χ0) is 22.1. The Morgan fingerprint density at radius 3 is 2.33 bits per heavy atom. The molecule has 0 aromatic carbocycles. The predicted molar refractivity (Wildman–Crippen MR) is 125 cm³/mol. The fourth-order valence-corrected chi connectivity index (χ4v) is 3.07. The van der Waals surface area contributed by atoms with Crippen molar-refractivity contribution in [1.82, 2.24) is 20.2 Å². The van der Waals surface area contributed by atoms with E-state index >= 15 is 0 Å². The number of nitrogens with one attached hydrogen (secondary N) is 2. The Bertz CT molecular complexity index is 649. The topological polar surface area (TPSA) is 74.5 Å². The second kappa shape index (κ2) is 12.7. The normalized spacial score (nSPS) is 14.8. The predicted octanol–water partition coefficient (Wildman–Crippen LogP) is 4.34. The molecule has 0 aliphatic heterocycles. The number of imidazole rings is 1. The van der Waals surface area contributed by atoms with Gasteiger partial charge in [0.1, 0.15) is 5.82 Å². The van der Waals surface area contributed by atoms with Crippen molar-refractivity contribution in [3.63, 3.8) is 0 Å². The lowest BCUT2D eigenvalue weighted by molar-refractivity contribution is -0.272. The molecule has 1 atom stereocenters. The van der Waals surface area contributed by atoms with E-state index in [9.17, 15) is 18.3 Å². The lowest BCUT2D eigenvalue weighted by Crippen LogP contribution is -2.48. The number of aliphatic hydroxyl groups is 1. The summed E-state index contributed by atoms with van der Waals surface area (Å²) in [7, 11) is 1.43. The molecule has 1 unspecified atom stereocenters. The highest BCUT2D eigenvalue weighted by Gasteiger charge is 2.57. The van der Waals surface area contributed by atoms with Gasteiger partial charge in [-0.15, -0.1) is 24.0 Å². The van der Waals surface area contributed by atoms with Crippen LogP contribution in [0.4, 0.5) is 13.2 Å². The molecule has 0 aliphatic rings. The first kappa shape index (κ1) is 29.0. The third kappa shape index (κ3) is 8.60. The molecule has 1 rings (SSSR count). The average molecular weight is 547 g/mol. The minimum absolute atomic E-state index is 0. The summed E-state index contributed by atoms with van der Waals surface area (Å²) in [5.74, 6) is 0.0197. The van der Waals surface area contributed by atoms with Gasteiger partial charge in [-0.3, -0.25) is 4.99 Å². The maximum absolute atomic E-state index is 13.6. The van der Waals surface area contributed by atoms with Crippen LogP contribution in [0, 0.1) is 5.41 Å². The molecular formula is C20H37F3IN5O. The number of alkyl halides is 3. The molecule has 30 heavy (non-hydrogen) atoms. The number of halogens is 4. The Hall–Kier alpha value is -1.04. The zero-order valence-electron chi connectivity index (χ0n) is 18.6. The fraction of sp³-hybridized carbons (Fsp3) is 0.800. The smallest absolute Gasteiger partial charge is 0.374 e. The summed E-state index contributed by atoms with van der Waals surface area (Å²) in [5, 5.41) is 16.4. The largest absolute Gasteiger partial charge is 0.424 e. The van der Waals surface area contributed by atoms with Crippen molar-refractivity contribution in [2.45, 2.75) is 71.6 Å². The van der Waals surface area contributed by atoms with Gasteiger partial charge >= 0.3 is 6.18 Å². The standard InChI is InChI=1S/C20H36F3N5O.HI/c1-6-8-9-10-18(3,4)15-27-17(24-7-2)26-12-11-19(29,20(21,22)23)16-25-13-14-28(16)5;/h13-14,29H,6-12,15H2,1-5H3,(H2,24,26,27);1H. The number of hydrogen-bond acceptors (Lipinski definition) is 3. The molecule has 10 heteroatoms. The van der Waals surface area contributed by atoms with E-state index in [0.717, 1.165) is 19.3 Å². The fourth-order valence-electron chi connectivity index (χ4n) is 3.07. The molecule has 1 heterocycles. The zero-order valence-corrected chi connectivity index (χ0v) is 21.0. The molecule has 0 saturated heterocycles. The Kier molecular flexibility index (Phi) is 12.3. The number of rotatable bonds is 11. The molecule has 1 aromatic rings. The third-order valence-corrected chi connectivity index (χ3v) is 4.91. The molecule has 1 aromatic heterocycles. The van der Waals surface area contributed by atoms with E-state index in [1.54, 1.807) is 0 Å². The van der Waals surface area contributed by atoms with E-state index in [1.165, 1.54) is 30.4 Å². The van der Waals surface area contributed by atoms with E-state index in [0.29, 0.717) is 19.0 Å². The van der Waals surface area contributed by atoms with E-state index in [2.05, 4.69) is 41.4 Å². The van der Waals surface area contributed by atoms with Crippen molar-refractivity contribution in [2.75, 3.05) is 19.6 Å². The van der Waals surface area contributed by atoms with Crippen LogP contribution >= 0.6 is 24.0 Å². The van der Waals surface area contributed by atoms with E-state index in [-0.39, 0.29) is 35.9 Å². The third-order valence-electron chi connectivity index (χ3n) is 4.91. The van der Waals surface area contributed by atoms with Crippen LogP contribution in [0.2, 0.25) is 0 Å². The Balaban J connectivity index is 0.00000841. The molecule has 0 spiro atoms. The molecule has 0 amide bonds. The minimum atomic E-state index is -4.84. The van der Waals surface area contributed by atoms with Gasteiger partial charge in [0.25, 0.3) is 0 Å². The molecule has 6 nitrogen and oxygen atoms in total. The summed E-state index contributed by atoms with van der Waals surface area (Å²) >= 11 is 0. The number of guanidine groups is 1. The van der Waals surface area contributed by atoms with Crippen LogP contribution in [-0.2, 0) is 12.6 Å². The Morgan fingerprint density at radius 1 is 1.17 bits per heavy atom. The van der Waals surface area contributed by atoms with Crippen LogP contribution in [0.15, 0.2) is 17.4 Å². The van der Waals surface area contributed by atoms with Gasteiger partial charge in [0.05, 0.1) is 0 Å². The molecule has 3 N–H and O–H groups in total. The summed E-state index contributed by atoms with van der Waals surface area (Å²) in [4.78, 5) is 8.25. The van der Waals surface area contributed by atoms with Crippen LogP contribution in [0.3, 0.4) is 0 Å². The van der Waals surface area contributed by atoms with Crippen LogP contribution in [0.25, 0.3) is 0 Å². The molecule has 0 bridgehead atoms. The number of aliphatic imine (C=N–C) groups is 1. The van der Waals surface area contributed by atoms with Crippen molar-refractivity contribution in [3.8, 4) is 0 Å². The van der Waals surface area contributed by atoms with Crippen LogP contribution in [0.1, 0.15) is 65.6 Å². The highest BCUT2D eigenvalue weighted by molar-refractivity contribution is 14.0. The number of aromatic nitrogens is 2. The first-order valence-corrected chi connectivity index (χ1v) is 10.3. The summed E-state index contributed by atoms with van der Waals surface area (Å²) in [6.45, 7) is 9.37. The second-order valence-corrected chi connectivity index (χ2v) is 8.21. The van der Waals surface area contributed by atoms with E-state index < -0.39 is 24.0 Å². The molecule has 0 saturated carbocycles. The van der Waals surface area contributed by atoms with Gasteiger partial charge in [-0.2, -0.15) is 13.2 Å². The molecular weight excluding hydrogens is 510 g/mol. The van der Waals surface area contributed by atoms with Gasteiger partial charge in [0, 0.05) is 45.5 Å². The quantitative estimate of drug-likeness (QED) is 0.167. The van der Waals surface area contributed by atoms with Crippen molar-refractivity contribution >= 4 is 29.9 Å². The van der Waals surface area contributed by atoms with Crippen molar-refractivity contribution in [3.05, 3.63) is 18.2 Å². The van der Waals surface area contributed by atoms with Gasteiger partial charge in [-0.25, -0.2) is 4.98 Å². The Labute approximate surface area is 195 Å². The number of aryl methyl sites for hydroxylation is 1. The summed E-state index contributed by atoms with van der Waals surface area (Å²) < 4.78 is 42.0. The van der Waals surface area contributed by atoms with Crippen LogP contribution in [-0.4, -0.2) is 46.4 Å². The Morgan fingerprint density at radius 2 is 1.83 bits per heavy atom. The van der Waals surface area contributed by atoms with Gasteiger partial charge in [-0.05, 0) is 18.8 Å². The van der Waals surface area contributed by atoms with E-state index in [1.807, 2.05) is 6.92 Å². The average Bonchev–Trinajstić information content (AvgIpc) is 3.05. The maximum Gasteiger partial charge on any atom is 0.424 e. The molecule has 176 valence electrons. The highest BCUT2D eigenvalue weighted by Crippen LogP contribution is 2.40. The lowest BCUT2D eigenvalue weighted by atomic mass is 9.87. The first-order chi connectivity index (χ1) is 13.5. The highest BCUT2D eigenvalue weighted by atomic mass is 127. The second-order valence-electron chi connectivity index (χ2n) is 8.21. The van der Waals surface area contributed by atoms with Crippen molar-refractivity contribution in [1.29, 1.82) is 0 Å². The van der Waals surface area contributed by atoms with Gasteiger partial charge in [0.2, 0.25) is 5.60 Å². The van der Waals surface area contributed by atoms with Gasteiger partial charge < -0.3 is 20.3 Å². The SMILES string of the molecule is CCCCCC(C)(C)CN=C(NCC)NCCC(O)(c1nccn1C)C(F)(F)F.I. The van der Waals surface area contributed by atoms with Crippen LogP contribution in [0.5, 0.6) is 0 Å². The number of hydrogen-bond donors (Lipinski definition) is 3. The monoisotopic (exact) mass is 547 g/mol. The van der Waals surface area contributed by atoms with Crippen LogP contribution < -0.4 is 10.6 Å². The first-order valence-electron chi connectivity index (χ1n) is 10.3. The summed E-state index contributed by atoms with van der Waals surface area (Å²) in [6.07, 6.45) is 1.70. The summed E-state index contributed by atoms with van der Waals surface area (Å²) in [6, 6.07) is 0. The lowest BCUT2D eigenvalue weighted by Gasteiger charge is -2.30. The number of nitrogens with zero attached hydrogens (tertiary/aromatic N) is 3. The van der Waals surface area contributed by atoms with Crippen molar-refractivity contribution in [2.24, 2.45) is 17.5 Å². The maximum atomic E-state index is 13.6. The molecule has 0 radical (unpaired) electrons. The molecule has 0 aliphatic carbocycles. The van der Waals surface area contributed by atoms with Gasteiger partial charge in [0.15, 0.2) is 5.96 Å². The molecule has 0 fully saturated rings.